The van der Waals surface area contributed by atoms with Crippen LogP contribution in [0.5, 0.6) is 0 Å². The smallest absolute Gasteiger partial charge is 0.407 e. The minimum atomic E-state index is -0.737. The molecule has 2 aliphatic heterocycles. The minimum Gasteiger partial charge on any atom is -0.453 e. The van der Waals surface area contributed by atoms with Crippen LogP contribution in [0, 0.1) is 17.8 Å². The third-order valence-electron chi connectivity index (χ3n) is 14.1. The Balaban J connectivity index is 0.942. The van der Waals surface area contributed by atoms with Crippen molar-refractivity contribution < 1.29 is 37.5 Å². The Morgan fingerprint density at radius 2 is 1.21 bits per heavy atom. The molecule has 6 atom stereocenters. The molecule has 10 rings (SSSR count). The van der Waals surface area contributed by atoms with Gasteiger partial charge in [0.25, 0.3) is 0 Å². The molecule has 4 amide bonds. The summed E-state index contributed by atoms with van der Waals surface area (Å²) in [6.45, 7) is 6.88. The predicted octanol–water partition coefficient (Wildman–Crippen LogP) is 6.61. The monoisotopic (exact) mass is 858 g/mol. The number of aromatic nitrogens is 6. The van der Waals surface area contributed by atoms with Crippen molar-refractivity contribution in [2.45, 2.75) is 88.9 Å². The van der Waals surface area contributed by atoms with Crippen LogP contribution in [-0.2, 0) is 30.1 Å². The third-order valence-corrected chi connectivity index (χ3v) is 14.1. The lowest BCUT2D eigenvalue weighted by Gasteiger charge is -2.40. The zero-order chi connectivity index (χ0) is 43.8. The van der Waals surface area contributed by atoms with Gasteiger partial charge in [-0.15, -0.1) is 0 Å². The highest BCUT2D eigenvalue weighted by atomic mass is 16.5. The number of alkyl carbamates (subject to hydrolysis) is 2. The Kier molecular flexibility index (Phi) is 9.78. The first-order valence-corrected chi connectivity index (χ1v) is 21.6. The number of H-pyrrole nitrogens is 2. The van der Waals surface area contributed by atoms with Gasteiger partial charge in [0, 0.05) is 35.3 Å². The number of aromatic amines is 2. The number of benzene rings is 2. The van der Waals surface area contributed by atoms with Gasteiger partial charge < -0.3 is 48.7 Å². The van der Waals surface area contributed by atoms with Crippen molar-refractivity contribution in [3.05, 3.63) is 61.1 Å². The number of likely N-dealkylation sites (tertiary alicyclic amines) is 2. The molecule has 2 aromatic carbocycles. The van der Waals surface area contributed by atoms with Gasteiger partial charge in [-0.3, -0.25) is 9.59 Å². The highest BCUT2D eigenvalue weighted by molar-refractivity contribution is 6.06. The summed E-state index contributed by atoms with van der Waals surface area (Å²) in [5.74, 6) is 1.64. The molecular formula is C45H50N10O8. The zero-order valence-corrected chi connectivity index (χ0v) is 35.8. The van der Waals surface area contributed by atoms with E-state index in [1.807, 2.05) is 54.8 Å². The molecule has 0 radical (unpaired) electrons. The van der Waals surface area contributed by atoms with E-state index in [1.54, 1.807) is 12.4 Å². The Bertz CT molecular complexity index is 2770. The summed E-state index contributed by atoms with van der Waals surface area (Å²) in [6, 6.07) is 6.46. The Morgan fingerprint density at radius 3 is 1.67 bits per heavy atom. The Morgan fingerprint density at radius 1 is 0.730 bits per heavy atom. The molecule has 4 bridgehead atoms. The number of amides is 4. The highest BCUT2D eigenvalue weighted by Crippen LogP contribution is 2.54. The van der Waals surface area contributed by atoms with Crippen LogP contribution in [-0.4, -0.2) is 103 Å². The molecule has 18 heteroatoms. The number of ether oxygens (including phenoxy) is 2. The van der Waals surface area contributed by atoms with Crippen molar-refractivity contribution in [1.82, 2.24) is 50.3 Å². The molecule has 6 heterocycles. The predicted molar refractivity (Wildman–Crippen MR) is 227 cm³/mol. The van der Waals surface area contributed by atoms with E-state index in [-0.39, 0.29) is 17.7 Å². The van der Waals surface area contributed by atoms with Crippen LogP contribution in [0.1, 0.15) is 77.4 Å². The fraction of sp³-hybridized carbons (Fsp3) is 0.467. The van der Waals surface area contributed by atoms with Crippen LogP contribution in [0.2, 0.25) is 0 Å². The molecular weight excluding hydrogens is 809 g/mol. The molecule has 6 aromatic rings. The van der Waals surface area contributed by atoms with Crippen molar-refractivity contribution >= 4 is 46.2 Å². The fourth-order valence-electron chi connectivity index (χ4n) is 10.9. The maximum absolute atomic E-state index is 14.1. The number of piperidine rings is 2. The SMILES string of the molecule is CCC(NC(=O)OC)C(=O)N1CC2CCC1(c1ncc(-c3ccc(-c4ccc(-c5cnc(C67CCC(CN6C(=O)C(NC(=O)OC)C(C)C)C7)[nH]5)c5ocnc45)c4ncoc34)[nH]1)C2. The number of carbonyl (C=O) groups excluding carboxylic acids is 4. The number of carbonyl (C=O) groups is 4. The number of hydrogen-bond donors (Lipinski definition) is 4. The van der Waals surface area contributed by atoms with Crippen molar-refractivity contribution in [2.75, 3.05) is 27.3 Å². The minimum absolute atomic E-state index is 0.145. The van der Waals surface area contributed by atoms with E-state index < -0.39 is 35.3 Å². The second-order valence-corrected chi connectivity index (χ2v) is 17.8. The third kappa shape index (κ3) is 6.34. The van der Waals surface area contributed by atoms with Crippen LogP contribution in [0.4, 0.5) is 9.59 Å². The van der Waals surface area contributed by atoms with Crippen molar-refractivity contribution in [3.63, 3.8) is 0 Å². The normalized spacial score (nSPS) is 23.5. The number of hydrogen-bond acceptors (Lipinski definition) is 12. The van der Waals surface area contributed by atoms with Crippen LogP contribution < -0.4 is 10.6 Å². The highest BCUT2D eigenvalue weighted by Gasteiger charge is 2.57. The summed E-state index contributed by atoms with van der Waals surface area (Å²) in [5.41, 5.74) is 5.68. The molecule has 63 heavy (non-hydrogen) atoms. The largest absolute Gasteiger partial charge is 0.453 e. The molecule has 4 aliphatic rings. The van der Waals surface area contributed by atoms with Crippen LogP contribution >= 0.6 is 0 Å². The second kappa shape index (κ2) is 15.3. The van der Waals surface area contributed by atoms with Gasteiger partial charge in [0.15, 0.2) is 24.0 Å². The summed E-state index contributed by atoms with van der Waals surface area (Å²) >= 11 is 0. The number of methoxy groups -OCH3 is 2. The maximum Gasteiger partial charge on any atom is 0.407 e. The lowest BCUT2D eigenvalue weighted by Crippen LogP contribution is -2.56. The Hall–Kier alpha value is -6.72. The second-order valence-electron chi connectivity index (χ2n) is 17.8. The summed E-state index contributed by atoms with van der Waals surface area (Å²) in [4.78, 5) is 82.3. The van der Waals surface area contributed by atoms with Gasteiger partial charge in [0.1, 0.15) is 45.8 Å². The van der Waals surface area contributed by atoms with Gasteiger partial charge in [-0.05, 0) is 74.8 Å². The van der Waals surface area contributed by atoms with Gasteiger partial charge in [0.2, 0.25) is 11.8 Å². The number of nitrogens with zero attached hydrogens (tertiary/aromatic N) is 6. The molecule has 2 aliphatic carbocycles. The molecule has 4 N–H and O–H groups in total. The van der Waals surface area contributed by atoms with Crippen molar-refractivity contribution in [1.29, 1.82) is 0 Å². The van der Waals surface area contributed by atoms with E-state index in [9.17, 15) is 19.2 Å². The first-order valence-electron chi connectivity index (χ1n) is 21.6. The number of imidazole rings is 2. The zero-order valence-electron chi connectivity index (χ0n) is 35.8. The average molecular weight is 859 g/mol. The maximum atomic E-state index is 14.1. The van der Waals surface area contributed by atoms with E-state index >= 15 is 0 Å². The summed E-state index contributed by atoms with van der Waals surface area (Å²) in [6.07, 6.45) is 10.6. The lowest BCUT2D eigenvalue weighted by atomic mass is 9.93. The number of rotatable bonds is 11. The van der Waals surface area contributed by atoms with Gasteiger partial charge in [-0.1, -0.05) is 32.9 Å². The van der Waals surface area contributed by atoms with E-state index in [0.717, 1.165) is 72.2 Å². The van der Waals surface area contributed by atoms with E-state index in [1.165, 1.54) is 27.0 Å². The molecule has 4 aromatic heterocycles. The van der Waals surface area contributed by atoms with Crippen molar-refractivity contribution in [3.8, 4) is 33.6 Å². The number of fused-ring (bicyclic) bond motifs is 6. The van der Waals surface area contributed by atoms with Crippen molar-refractivity contribution in [2.24, 2.45) is 17.8 Å². The van der Waals surface area contributed by atoms with Gasteiger partial charge in [-0.2, -0.15) is 0 Å². The molecule has 6 unspecified atom stereocenters. The molecule has 328 valence electrons. The summed E-state index contributed by atoms with van der Waals surface area (Å²) in [7, 11) is 2.58. The van der Waals surface area contributed by atoms with Gasteiger partial charge in [0.05, 0.1) is 38.0 Å². The van der Waals surface area contributed by atoms with Gasteiger partial charge >= 0.3 is 12.2 Å². The summed E-state index contributed by atoms with van der Waals surface area (Å²) in [5, 5.41) is 5.45. The quantitative estimate of drug-likeness (QED) is 0.108. The standard InChI is InChI=1S/C45H50N10O8/c1-6-30(52-42(58)60-4)38(56)54-19-24-11-13-44(54,15-24)40-46-17-31(50-40)28-9-7-26(34-36(28)62-21-48-34)27-8-10-29(37-35(27)49-22-63-37)32-18-47-41(51-32)45-14-12-25(16-45)20-55(45)39(57)33(23(2)3)53-43(59)61-5/h7-10,17-18,21-25,30,33H,6,11-16,19-20H2,1-5H3,(H,46,50)(H,47,51)(H,52,58)(H,53,59). The molecule has 4 fully saturated rings. The first-order chi connectivity index (χ1) is 30.5. The molecule has 0 spiro atoms. The topological polar surface area (TPSA) is 227 Å². The van der Waals surface area contributed by atoms with E-state index in [4.69, 9.17) is 28.3 Å². The molecule has 2 saturated heterocycles. The van der Waals surface area contributed by atoms with Crippen LogP contribution in [0.25, 0.3) is 55.8 Å². The Labute approximate surface area is 361 Å². The van der Waals surface area contributed by atoms with Crippen LogP contribution in [0.3, 0.4) is 0 Å². The van der Waals surface area contributed by atoms with Crippen LogP contribution in [0.15, 0.2) is 58.3 Å². The lowest BCUT2D eigenvalue weighted by molar-refractivity contribution is -0.140. The first kappa shape index (κ1) is 40.4. The van der Waals surface area contributed by atoms with E-state index in [0.29, 0.717) is 65.2 Å². The fourth-order valence-corrected chi connectivity index (χ4v) is 10.9. The number of oxazole rings is 2. The average Bonchev–Trinajstić information content (AvgIpc) is 4.15. The molecule has 2 saturated carbocycles. The molecule has 18 nitrogen and oxygen atoms in total. The van der Waals surface area contributed by atoms with E-state index in [2.05, 4.69) is 30.6 Å². The number of nitrogens with one attached hydrogen (secondary N) is 4. The van der Waals surface area contributed by atoms with Gasteiger partial charge in [-0.25, -0.2) is 29.5 Å². The summed E-state index contributed by atoms with van der Waals surface area (Å²) < 4.78 is 21.8.